The van der Waals surface area contributed by atoms with Gasteiger partial charge in [-0.25, -0.2) is 6.57 Å². The van der Waals surface area contributed by atoms with Crippen LogP contribution in [0.1, 0.15) is 5.56 Å². The molecule has 0 aromatic heterocycles. The molecular weight excluding hydrogens is 202 g/mol. The van der Waals surface area contributed by atoms with Crippen molar-refractivity contribution in [1.29, 1.82) is 0 Å². The van der Waals surface area contributed by atoms with Crippen LogP contribution in [0.4, 0.5) is 0 Å². The maximum atomic E-state index is 6.76. The zero-order chi connectivity index (χ0) is 10.6. The van der Waals surface area contributed by atoms with Gasteiger partial charge in [0.25, 0.3) is 0 Å². The molecule has 0 heterocycles. The minimum Gasteiger partial charge on any atom is -0.493 e. The predicted molar refractivity (Wildman–Crippen MR) is 54.9 cm³/mol. The average Bonchev–Trinajstić information content (AvgIpc) is 2.21. The molecule has 1 rings (SSSR count). The Hall–Kier alpha value is -1.40. The Morgan fingerprint density at radius 2 is 2.07 bits per heavy atom. The molecule has 0 atom stereocenters. The first-order valence-corrected chi connectivity index (χ1v) is 4.35. The van der Waals surface area contributed by atoms with Crippen LogP contribution in [0.25, 0.3) is 4.85 Å². The summed E-state index contributed by atoms with van der Waals surface area (Å²) in [6, 6.07) is 3.51. The monoisotopic (exact) mass is 211 g/mol. The van der Waals surface area contributed by atoms with E-state index < -0.39 is 0 Å². The van der Waals surface area contributed by atoms with Crippen LogP contribution in [0.3, 0.4) is 0 Å². The first-order valence-electron chi connectivity index (χ1n) is 3.97. The van der Waals surface area contributed by atoms with Crippen molar-refractivity contribution >= 4 is 11.6 Å². The summed E-state index contributed by atoms with van der Waals surface area (Å²) in [5, 5.41) is 0.447. The number of hydrogen-bond acceptors (Lipinski definition) is 2. The number of methoxy groups -OCH3 is 2. The molecular formula is C10H10ClNO2. The molecule has 0 bridgehead atoms. The number of halogens is 1. The van der Waals surface area contributed by atoms with Crippen molar-refractivity contribution in [3.8, 4) is 11.5 Å². The van der Waals surface area contributed by atoms with Crippen molar-refractivity contribution in [3.05, 3.63) is 34.1 Å². The van der Waals surface area contributed by atoms with E-state index in [9.17, 15) is 0 Å². The smallest absolute Gasteiger partial charge is 0.241 e. The summed E-state index contributed by atoms with van der Waals surface area (Å²) in [5.41, 5.74) is 0.749. The lowest BCUT2D eigenvalue weighted by atomic mass is 10.2. The highest BCUT2D eigenvalue weighted by atomic mass is 35.5. The van der Waals surface area contributed by atoms with Crippen LogP contribution < -0.4 is 9.47 Å². The van der Waals surface area contributed by atoms with Gasteiger partial charge < -0.3 is 14.3 Å². The third kappa shape index (κ3) is 1.91. The van der Waals surface area contributed by atoms with Crippen molar-refractivity contribution < 1.29 is 9.47 Å². The Morgan fingerprint density at radius 1 is 1.36 bits per heavy atom. The van der Waals surface area contributed by atoms with Gasteiger partial charge in [0.1, 0.15) is 0 Å². The Bertz CT molecular complexity index is 371. The van der Waals surface area contributed by atoms with E-state index in [0.29, 0.717) is 16.5 Å². The topological polar surface area (TPSA) is 22.8 Å². The van der Waals surface area contributed by atoms with Gasteiger partial charge in [-0.05, 0) is 12.1 Å². The van der Waals surface area contributed by atoms with E-state index in [4.69, 9.17) is 27.6 Å². The molecule has 4 heteroatoms. The molecule has 0 unspecified atom stereocenters. The van der Waals surface area contributed by atoms with Crippen LogP contribution in [0.15, 0.2) is 12.1 Å². The summed E-state index contributed by atoms with van der Waals surface area (Å²) in [4.78, 5) is 3.27. The van der Waals surface area contributed by atoms with Crippen LogP contribution >= 0.6 is 11.6 Å². The molecule has 3 nitrogen and oxygen atoms in total. The van der Waals surface area contributed by atoms with Crippen molar-refractivity contribution in [3.63, 3.8) is 0 Å². The third-order valence-corrected chi connectivity index (χ3v) is 2.23. The molecule has 0 aliphatic heterocycles. The lowest BCUT2D eigenvalue weighted by Crippen LogP contribution is -1.93. The average molecular weight is 212 g/mol. The van der Waals surface area contributed by atoms with Gasteiger partial charge in [0.05, 0.1) is 24.8 Å². The second-order valence-electron chi connectivity index (χ2n) is 2.59. The van der Waals surface area contributed by atoms with Gasteiger partial charge in [0.2, 0.25) is 6.54 Å². The lowest BCUT2D eigenvalue weighted by molar-refractivity contribution is 0.355. The Morgan fingerprint density at radius 3 is 2.57 bits per heavy atom. The molecule has 0 radical (unpaired) electrons. The Kier molecular flexibility index (Phi) is 3.61. The minimum atomic E-state index is 0.249. The van der Waals surface area contributed by atoms with Gasteiger partial charge in [0, 0.05) is 0 Å². The largest absolute Gasteiger partial charge is 0.493 e. The summed E-state index contributed by atoms with van der Waals surface area (Å²) in [6.07, 6.45) is 0. The number of rotatable bonds is 3. The molecule has 0 amide bonds. The van der Waals surface area contributed by atoms with Gasteiger partial charge in [-0.15, -0.1) is 0 Å². The van der Waals surface area contributed by atoms with E-state index in [1.54, 1.807) is 19.2 Å². The maximum absolute atomic E-state index is 6.76. The fraction of sp³-hybridized carbons (Fsp3) is 0.300. The highest BCUT2D eigenvalue weighted by molar-refractivity contribution is 6.33. The quantitative estimate of drug-likeness (QED) is 0.718. The van der Waals surface area contributed by atoms with Crippen LogP contribution in [-0.2, 0) is 6.54 Å². The van der Waals surface area contributed by atoms with Crippen molar-refractivity contribution in [1.82, 2.24) is 0 Å². The first kappa shape index (κ1) is 10.7. The predicted octanol–water partition coefficient (Wildman–Crippen LogP) is 2.78. The minimum absolute atomic E-state index is 0.249. The highest BCUT2D eigenvalue weighted by Gasteiger charge is 2.13. The van der Waals surface area contributed by atoms with Gasteiger partial charge >= 0.3 is 0 Å². The molecule has 0 aliphatic carbocycles. The highest BCUT2D eigenvalue weighted by Crippen LogP contribution is 2.37. The summed E-state index contributed by atoms with van der Waals surface area (Å²) in [7, 11) is 3.06. The van der Waals surface area contributed by atoms with E-state index in [2.05, 4.69) is 4.85 Å². The van der Waals surface area contributed by atoms with Crippen LogP contribution in [0, 0.1) is 6.57 Å². The maximum Gasteiger partial charge on any atom is 0.241 e. The van der Waals surface area contributed by atoms with Gasteiger partial charge in [-0.2, -0.15) is 0 Å². The normalized spacial score (nSPS) is 9.29. The van der Waals surface area contributed by atoms with E-state index in [-0.39, 0.29) is 6.54 Å². The zero-order valence-electron chi connectivity index (χ0n) is 8.00. The Balaban J connectivity index is 3.21. The summed E-state index contributed by atoms with van der Waals surface area (Å²) >= 11 is 6.02. The summed E-state index contributed by atoms with van der Waals surface area (Å²) in [5.74, 6) is 1.06. The zero-order valence-corrected chi connectivity index (χ0v) is 8.76. The molecule has 74 valence electrons. The first-order chi connectivity index (χ1) is 6.74. The van der Waals surface area contributed by atoms with E-state index in [0.717, 1.165) is 5.56 Å². The molecule has 0 spiro atoms. The van der Waals surface area contributed by atoms with Crippen LogP contribution in [-0.4, -0.2) is 14.2 Å². The van der Waals surface area contributed by atoms with Crippen molar-refractivity contribution in [2.24, 2.45) is 0 Å². The Labute approximate surface area is 88.0 Å². The number of nitrogens with zero attached hydrogens (tertiary/aromatic N) is 1. The molecule has 0 fully saturated rings. The number of ether oxygens (including phenoxy) is 2. The van der Waals surface area contributed by atoms with E-state index in [1.807, 2.05) is 0 Å². The second-order valence-corrected chi connectivity index (χ2v) is 2.97. The lowest BCUT2D eigenvalue weighted by Gasteiger charge is -2.10. The van der Waals surface area contributed by atoms with Gasteiger partial charge in [0.15, 0.2) is 11.5 Å². The molecule has 0 N–H and O–H groups in total. The number of hydrogen-bond donors (Lipinski definition) is 0. The van der Waals surface area contributed by atoms with Crippen molar-refractivity contribution in [2.45, 2.75) is 6.54 Å². The summed E-state index contributed by atoms with van der Waals surface area (Å²) in [6.45, 7) is 7.01. The van der Waals surface area contributed by atoms with Crippen LogP contribution in [0.2, 0.25) is 5.02 Å². The number of benzene rings is 1. The van der Waals surface area contributed by atoms with Crippen molar-refractivity contribution in [2.75, 3.05) is 14.2 Å². The third-order valence-electron chi connectivity index (χ3n) is 1.81. The van der Waals surface area contributed by atoms with E-state index in [1.165, 1.54) is 7.11 Å². The molecule has 0 saturated carbocycles. The van der Waals surface area contributed by atoms with Crippen LogP contribution in [0.5, 0.6) is 11.5 Å². The fourth-order valence-corrected chi connectivity index (χ4v) is 1.43. The van der Waals surface area contributed by atoms with Gasteiger partial charge in [-0.1, -0.05) is 11.6 Å². The summed E-state index contributed by atoms with van der Waals surface area (Å²) < 4.78 is 10.2. The molecule has 0 saturated heterocycles. The molecule has 1 aromatic carbocycles. The van der Waals surface area contributed by atoms with E-state index >= 15 is 0 Å². The standard InChI is InChI=1S/C10H10ClNO2/c1-12-6-7-4-5-8(13-2)10(14-3)9(7)11/h4-5H,6H2,2-3H3. The second kappa shape index (κ2) is 4.73. The molecule has 1 aromatic rings. The SMILES string of the molecule is [C-]#[N+]Cc1ccc(OC)c(OC)c1Cl. The molecule has 14 heavy (non-hydrogen) atoms. The molecule has 0 aliphatic rings. The van der Waals surface area contributed by atoms with Gasteiger partial charge in [-0.3, -0.25) is 0 Å². The fourth-order valence-electron chi connectivity index (χ4n) is 1.14.